The van der Waals surface area contributed by atoms with E-state index in [4.69, 9.17) is 10.2 Å². The molecule has 0 unspecified atom stereocenters. The first-order valence-corrected chi connectivity index (χ1v) is 5.05. The van der Waals surface area contributed by atoms with Crippen LogP contribution in [0, 0.1) is 0 Å². The molecule has 0 saturated heterocycles. The van der Waals surface area contributed by atoms with E-state index in [9.17, 15) is 0 Å². The standard InChI is InChI=1S/C9H13BrN2O2/c1-12(2-3-13)9-7(6-14)4-8(10)5-11-9/h4-5,13-14H,2-3,6H2,1H3. The van der Waals surface area contributed by atoms with Gasteiger partial charge in [0.2, 0.25) is 0 Å². The van der Waals surface area contributed by atoms with Crippen LogP contribution >= 0.6 is 15.9 Å². The third-order valence-electron chi connectivity index (χ3n) is 1.88. The van der Waals surface area contributed by atoms with E-state index < -0.39 is 0 Å². The molecular formula is C9H13BrN2O2. The summed E-state index contributed by atoms with van der Waals surface area (Å²) < 4.78 is 0.836. The number of aliphatic hydroxyl groups is 2. The first-order chi connectivity index (χ1) is 6.69. The third-order valence-corrected chi connectivity index (χ3v) is 2.31. The maximum Gasteiger partial charge on any atom is 0.133 e. The van der Waals surface area contributed by atoms with E-state index in [1.165, 1.54) is 0 Å². The Morgan fingerprint density at radius 2 is 2.21 bits per heavy atom. The van der Waals surface area contributed by atoms with Crippen molar-refractivity contribution in [3.05, 3.63) is 22.3 Å². The highest BCUT2D eigenvalue weighted by Crippen LogP contribution is 2.20. The Morgan fingerprint density at radius 3 is 2.79 bits per heavy atom. The molecule has 1 heterocycles. The highest BCUT2D eigenvalue weighted by atomic mass is 79.9. The number of hydrogen-bond acceptors (Lipinski definition) is 4. The molecule has 1 aromatic heterocycles. The molecule has 0 fully saturated rings. The Labute approximate surface area is 91.3 Å². The molecule has 0 spiro atoms. The van der Waals surface area contributed by atoms with Crippen LogP contribution in [0.3, 0.4) is 0 Å². The van der Waals surface area contributed by atoms with E-state index in [0.717, 1.165) is 10.0 Å². The van der Waals surface area contributed by atoms with E-state index in [0.29, 0.717) is 12.4 Å². The predicted molar refractivity (Wildman–Crippen MR) is 58.2 cm³/mol. The van der Waals surface area contributed by atoms with Gasteiger partial charge >= 0.3 is 0 Å². The Kier molecular flexibility index (Phi) is 4.31. The number of anilines is 1. The molecule has 0 aromatic carbocycles. The molecule has 1 rings (SSSR count). The van der Waals surface area contributed by atoms with Crippen molar-refractivity contribution in [3.8, 4) is 0 Å². The van der Waals surface area contributed by atoms with Gasteiger partial charge in [-0.2, -0.15) is 0 Å². The minimum absolute atomic E-state index is 0.0580. The van der Waals surface area contributed by atoms with Crippen LogP contribution in [0.15, 0.2) is 16.7 Å². The lowest BCUT2D eigenvalue weighted by atomic mass is 10.2. The second kappa shape index (κ2) is 5.29. The lowest BCUT2D eigenvalue weighted by molar-refractivity contribution is 0.280. The van der Waals surface area contributed by atoms with Gasteiger partial charge in [-0.25, -0.2) is 4.98 Å². The van der Waals surface area contributed by atoms with Crippen LogP contribution in [-0.4, -0.2) is 35.4 Å². The van der Waals surface area contributed by atoms with Gasteiger partial charge in [0.05, 0.1) is 13.2 Å². The number of aromatic nitrogens is 1. The molecule has 5 heteroatoms. The van der Waals surface area contributed by atoms with Crippen LogP contribution in [0.2, 0.25) is 0 Å². The van der Waals surface area contributed by atoms with Gasteiger partial charge in [0.25, 0.3) is 0 Å². The topological polar surface area (TPSA) is 56.6 Å². The van der Waals surface area contributed by atoms with Crippen LogP contribution < -0.4 is 4.90 Å². The van der Waals surface area contributed by atoms with Crippen molar-refractivity contribution in [2.45, 2.75) is 6.61 Å². The lowest BCUT2D eigenvalue weighted by Crippen LogP contribution is -2.23. The molecule has 0 aliphatic heterocycles. The SMILES string of the molecule is CN(CCO)c1ncc(Br)cc1CO. The number of halogens is 1. The molecule has 0 radical (unpaired) electrons. The molecule has 0 aliphatic carbocycles. The Bertz CT molecular complexity index is 307. The molecule has 78 valence electrons. The first-order valence-electron chi connectivity index (χ1n) is 4.26. The average molecular weight is 261 g/mol. The largest absolute Gasteiger partial charge is 0.395 e. The minimum atomic E-state index is -0.0580. The Balaban J connectivity index is 2.95. The highest BCUT2D eigenvalue weighted by Gasteiger charge is 2.08. The summed E-state index contributed by atoms with van der Waals surface area (Å²) in [5, 5.41) is 17.9. The van der Waals surface area contributed by atoms with Crippen LogP contribution in [-0.2, 0) is 6.61 Å². The zero-order chi connectivity index (χ0) is 10.6. The van der Waals surface area contributed by atoms with Gasteiger partial charge in [-0.05, 0) is 22.0 Å². The van der Waals surface area contributed by atoms with Crippen molar-refractivity contribution in [2.24, 2.45) is 0 Å². The maximum atomic E-state index is 9.11. The summed E-state index contributed by atoms with van der Waals surface area (Å²) in [6.45, 7) is 0.512. The number of hydrogen-bond donors (Lipinski definition) is 2. The van der Waals surface area contributed by atoms with Gasteiger partial charge in [-0.1, -0.05) is 0 Å². The van der Waals surface area contributed by atoms with Crippen molar-refractivity contribution in [1.29, 1.82) is 0 Å². The zero-order valence-electron chi connectivity index (χ0n) is 7.94. The number of rotatable bonds is 4. The van der Waals surface area contributed by atoms with E-state index in [1.807, 2.05) is 13.1 Å². The summed E-state index contributed by atoms with van der Waals surface area (Å²) in [6.07, 6.45) is 1.67. The summed E-state index contributed by atoms with van der Waals surface area (Å²) in [5.74, 6) is 0.699. The number of pyridine rings is 1. The summed E-state index contributed by atoms with van der Waals surface area (Å²) in [6, 6.07) is 1.82. The second-order valence-electron chi connectivity index (χ2n) is 2.94. The van der Waals surface area contributed by atoms with Crippen molar-refractivity contribution in [3.63, 3.8) is 0 Å². The van der Waals surface area contributed by atoms with Crippen LogP contribution in [0.4, 0.5) is 5.82 Å². The first kappa shape index (κ1) is 11.4. The summed E-state index contributed by atoms with van der Waals surface area (Å²) in [4.78, 5) is 5.98. The third kappa shape index (κ3) is 2.67. The monoisotopic (exact) mass is 260 g/mol. The number of aliphatic hydroxyl groups excluding tert-OH is 2. The Hall–Kier alpha value is -0.650. The van der Waals surface area contributed by atoms with Crippen LogP contribution in [0.1, 0.15) is 5.56 Å². The van der Waals surface area contributed by atoms with E-state index >= 15 is 0 Å². The van der Waals surface area contributed by atoms with Crippen LogP contribution in [0.5, 0.6) is 0 Å². The van der Waals surface area contributed by atoms with Gasteiger partial charge in [0.1, 0.15) is 5.82 Å². The van der Waals surface area contributed by atoms with Gasteiger partial charge in [0.15, 0.2) is 0 Å². The molecule has 14 heavy (non-hydrogen) atoms. The maximum absolute atomic E-state index is 9.11. The fourth-order valence-electron chi connectivity index (χ4n) is 1.19. The zero-order valence-corrected chi connectivity index (χ0v) is 9.53. The van der Waals surface area contributed by atoms with Gasteiger partial charge in [-0.15, -0.1) is 0 Å². The highest BCUT2D eigenvalue weighted by molar-refractivity contribution is 9.10. The average Bonchev–Trinajstić information content (AvgIpc) is 2.17. The number of nitrogens with zero attached hydrogens (tertiary/aromatic N) is 2. The quantitative estimate of drug-likeness (QED) is 0.840. The fourth-order valence-corrected chi connectivity index (χ4v) is 1.57. The molecule has 0 aliphatic rings. The van der Waals surface area contributed by atoms with E-state index in [-0.39, 0.29) is 13.2 Å². The minimum Gasteiger partial charge on any atom is -0.395 e. The molecular weight excluding hydrogens is 248 g/mol. The van der Waals surface area contributed by atoms with Crippen molar-refractivity contribution >= 4 is 21.7 Å². The second-order valence-corrected chi connectivity index (χ2v) is 3.86. The molecule has 2 N–H and O–H groups in total. The van der Waals surface area contributed by atoms with Gasteiger partial charge < -0.3 is 15.1 Å². The molecule has 0 saturated carbocycles. The number of likely N-dealkylation sites (N-methyl/N-ethyl adjacent to an activating group) is 1. The lowest BCUT2D eigenvalue weighted by Gasteiger charge is -2.19. The van der Waals surface area contributed by atoms with Crippen molar-refractivity contribution in [2.75, 3.05) is 25.1 Å². The Morgan fingerprint density at radius 1 is 1.50 bits per heavy atom. The molecule has 0 atom stereocenters. The smallest absolute Gasteiger partial charge is 0.133 e. The molecule has 4 nitrogen and oxygen atoms in total. The van der Waals surface area contributed by atoms with E-state index in [2.05, 4.69) is 20.9 Å². The summed E-state index contributed by atoms with van der Waals surface area (Å²) in [7, 11) is 1.83. The summed E-state index contributed by atoms with van der Waals surface area (Å²) in [5.41, 5.74) is 0.746. The fraction of sp³-hybridized carbons (Fsp3) is 0.444. The van der Waals surface area contributed by atoms with Crippen molar-refractivity contribution in [1.82, 2.24) is 4.98 Å². The van der Waals surface area contributed by atoms with Crippen molar-refractivity contribution < 1.29 is 10.2 Å². The van der Waals surface area contributed by atoms with E-state index in [1.54, 1.807) is 11.1 Å². The molecule has 0 bridgehead atoms. The van der Waals surface area contributed by atoms with Gasteiger partial charge in [0, 0.05) is 29.8 Å². The normalized spacial score (nSPS) is 10.3. The molecule has 0 amide bonds. The predicted octanol–water partition coefficient (Wildman–Crippen LogP) is 0.765. The summed E-state index contributed by atoms with van der Waals surface area (Å²) >= 11 is 3.28. The molecule has 1 aromatic rings. The van der Waals surface area contributed by atoms with Crippen LogP contribution in [0.25, 0.3) is 0 Å². The van der Waals surface area contributed by atoms with Gasteiger partial charge in [-0.3, -0.25) is 0 Å².